The molecule has 6 nitrogen and oxygen atoms in total. The van der Waals surface area contributed by atoms with Crippen LogP contribution in [0, 0.1) is 0 Å². The Balaban J connectivity index is 1.92. The molecular formula is C14H18N4O2. The molecule has 20 heavy (non-hydrogen) atoms. The van der Waals surface area contributed by atoms with E-state index in [-0.39, 0.29) is 11.9 Å². The summed E-state index contributed by atoms with van der Waals surface area (Å²) in [5.74, 6) is 0.379. The predicted molar refractivity (Wildman–Crippen MR) is 75.9 cm³/mol. The zero-order chi connectivity index (χ0) is 14.4. The molecule has 1 aromatic heterocycles. The Morgan fingerprint density at radius 3 is 2.75 bits per heavy atom. The summed E-state index contributed by atoms with van der Waals surface area (Å²) in [7, 11) is 0. The second-order valence-electron chi connectivity index (χ2n) is 4.62. The molecule has 106 valence electrons. The quantitative estimate of drug-likeness (QED) is 0.842. The number of carbonyl (C=O) groups is 1. The van der Waals surface area contributed by atoms with Gasteiger partial charge in [0.1, 0.15) is 0 Å². The second-order valence-corrected chi connectivity index (χ2v) is 4.62. The molecule has 0 spiro atoms. The first-order chi connectivity index (χ1) is 9.69. The van der Waals surface area contributed by atoms with Crippen molar-refractivity contribution in [3.05, 3.63) is 30.7 Å². The highest BCUT2D eigenvalue weighted by atomic mass is 16.4. The molecule has 1 atom stereocenters. The van der Waals surface area contributed by atoms with Crippen molar-refractivity contribution in [3.8, 4) is 11.5 Å². The molecule has 0 saturated carbocycles. The predicted octanol–water partition coefficient (Wildman–Crippen LogP) is 2.19. The van der Waals surface area contributed by atoms with E-state index >= 15 is 0 Å². The molecule has 0 aliphatic carbocycles. The van der Waals surface area contributed by atoms with E-state index in [1.54, 1.807) is 12.1 Å². The maximum atomic E-state index is 11.8. The highest BCUT2D eigenvalue weighted by molar-refractivity contribution is 5.91. The van der Waals surface area contributed by atoms with Gasteiger partial charge in [-0.15, -0.1) is 10.2 Å². The summed E-state index contributed by atoms with van der Waals surface area (Å²) in [6, 6.07) is 7.13. The molecule has 0 aliphatic heterocycles. The third-order valence-electron chi connectivity index (χ3n) is 2.88. The van der Waals surface area contributed by atoms with Crippen LogP contribution in [0.4, 0.5) is 5.69 Å². The molecule has 2 rings (SSSR count). The lowest BCUT2D eigenvalue weighted by atomic mass is 10.1. The summed E-state index contributed by atoms with van der Waals surface area (Å²) in [5.41, 5.74) is 7.37. The molecule has 0 aliphatic rings. The van der Waals surface area contributed by atoms with Crippen LogP contribution < -0.4 is 11.1 Å². The van der Waals surface area contributed by atoms with E-state index in [1.165, 1.54) is 6.39 Å². The van der Waals surface area contributed by atoms with Crippen LogP contribution in [0.5, 0.6) is 0 Å². The topological polar surface area (TPSA) is 94.0 Å². The van der Waals surface area contributed by atoms with Crippen molar-refractivity contribution in [2.45, 2.75) is 32.2 Å². The Kier molecular flexibility index (Phi) is 4.84. The van der Waals surface area contributed by atoms with E-state index in [4.69, 9.17) is 10.2 Å². The number of anilines is 1. The van der Waals surface area contributed by atoms with Crippen molar-refractivity contribution in [3.63, 3.8) is 0 Å². The molecule has 0 fully saturated rings. The lowest BCUT2D eigenvalue weighted by Gasteiger charge is -2.10. The Bertz CT molecular complexity index is 537. The van der Waals surface area contributed by atoms with Gasteiger partial charge in [-0.25, -0.2) is 0 Å². The summed E-state index contributed by atoms with van der Waals surface area (Å²) in [4.78, 5) is 11.8. The smallest absolute Gasteiger partial charge is 0.247 e. The molecule has 0 saturated heterocycles. The summed E-state index contributed by atoms with van der Waals surface area (Å²) >= 11 is 0. The van der Waals surface area contributed by atoms with Crippen LogP contribution in [-0.2, 0) is 4.79 Å². The number of nitrogens with one attached hydrogen (secondary N) is 1. The zero-order valence-electron chi connectivity index (χ0n) is 11.4. The van der Waals surface area contributed by atoms with Crippen LogP contribution in [0.25, 0.3) is 11.5 Å². The average molecular weight is 274 g/mol. The van der Waals surface area contributed by atoms with Crippen LogP contribution in [0.3, 0.4) is 0 Å². The van der Waals surface area contributed by atoms with Gasteiger partial charge in [-0.1, -0.05) is 13.3 Å². The van der Waals surface area contributed by atoms with E-state index < -0.39 is 0 Å². The molecule has 1 aromatic carbocycles. The van der Waals surface area contributed by atoms with Crippen LogP contribution >= 0.6 is 0 Å². The van der Waals surface area contributed by atoms with E-state index in [9.17, 15) is 4.79 Å². The molecule has 2 aromatic rings. The Morgan fingerprint density at radius 1 is 1.40 bits per heavy atom. The Hall–Kier alpha value is -2.21. The third-order valence-corrected chi connectivity index (χ3v) is 2.88. The number of benzene rings is 1. The highest BCUT2D eigenvalue weighted by Crippen LogP contribution is 2.19. The zero-order valence-corrected chi connectivity index (χ0v) is 11.4. The van der Waals surface area contributed by atoms with Crippen molar-refractivity contribution in [1.29, 1.82) is 0 Å². The van der Waals surface area contributed by atoms with Gasteiger partial charge < -0.3 is 15.5 Å². The number of nitrogens with zero attached hydrogens (tertiary/aromatic N) is 2. The number of rotatable bonds is 6. The van der Waals surface area contributed by atoms with E-state index in [0.717, 1.165) is 24.1 Å². The number of nitrogens with two attached hydrogens (primary N) is 1. The SMILES string of the molecule is CCCC(N)CC(=O)Nc1ccc(-c2nnco2)cc1. The highest BCUT2D eigenvalue weighted by Gasteiger charge is 2.09. The van der Waals surface area contributed by atoms with E-state index in [2.05, 4.69) is 15.5 Å². The Labute approximate surface area is 117 Å². The fourth-order valence-electron chi connectivity index (χ4n) is 1.92. The first-order valence-corrected chi connectivity index (χ1v) is 6.61. The molecule has 0 radical (unpaired) electrons. The van der Waals surface area contributed by atoms with Gasteiger partial charge in [-0.2, -0.15) is 0 Å². The molecule has 1 heterocycles. The van der Waals surface area contributed by atoms with Gasteiger partial charge in [0.2, 0.25) is 18.2 Å². The maximum absolute atomic E-state index is 11.8. The van der Waals surface area contributed by atoms with Gasteiger partial charge in [-0.05, 0) is 30.7 Å². The van der Waals surface area contributed by atoms with Crippen LogP contribution in [0.2, 0.25) is 0 Å². The van der Waals surface area contributed by atoms with Gasteiger partial charge in [0.05, 0.1) is 0 Å². The minimum atomic E-state index is -0.0855. The molecule has 6 heteroatoms. The fourth-order valence-corrected chi connectivity index (χ4v) is 1.92. The molecule has 1 unspecified atom stereocenters. The van der Waals surface area contributed by atoms with Crippen molar-refractivity contribution >= 4 is 11.6 Å². The van der Waals surface area contributed by atoms with Gasteiger partial charge >= 0.3 is 0 Å². The number of hydrogen-bond acceptors (Lipinski definition) is 5. The summed E-state index contributed by atoms with van der Waals surface area (Å²) in [6.45, 7) is 2.05. The number of amides is 1. The molecule has 3 N–H and O–H groups in total. The summed E-state index contributed by atoms with van der Waals surface area (Å²) in [5, 5.41) is 10.3. The summed E-state index contributed by atoms with van der Waals surface area (Å²) < 4.78 is 5.09. The van der Waals surface area contributed by atoms with Crippen molar-refractivity contribution in [1.82, 2.24) is 10.2 Å². The van der Waals surface area contributed by atoms with Gasteiger partial charge in [0.25, 0.3) is 0 Å². The normalized spacial score (nSPS) is 12.1. The van der Waals surface area contributed by atoms with Crippen LogP contribution in [0.1, 0.15) is 26.2 Å². The minimum absolute atomic E-state index is 0.0727. The molecule has 1 amide bonds. The van der Waals surface area contributed by atoms with E-state index in [0.29, 0.717) is 12.3 Å². The first-order valence-electron chi connectivity index (χ1n) is 6.61. The van der Waals surface area contributed by atoms with Crippen molar-refractivity contribution in [2.75, 3.05) is 5.32 Å². The average Bonchev–Trinajstić information content (AvgIpc) is 2.93. The first kappa shape index (κ1) is 14.2. The molecular weight excluding hydrogens is 256 g/mol. The monoisotopic (exact) mass is 274 g/mol. The van der Waals surface area contributed by atoms with Crippen molar-refractivity contribution in [2.24, 2.45) is 5.73 Å². The Morgan fingerprint density at radius 2 is 2.15 bits per heavy atom. The standard InChI is InChI=1S/C14H18N4O2/c1-2-3-11(15)8-13(19)17-12-6-4-10(5-7-12)14-18-16-9-20-14/h4-7,9,11H,2-3,8,15H2,1H3,(H,17,19). The number of carbonyl (C=O) groups excluding carboxylic acids is 1. The van der Waals surface area contributed by atoms with Gasteiger partial charge in [0.15, 0.2) is 0 Å². The van der Waals surface area contributed by atoms with Crippen LogP contribution in [-0.4, -0.2) is 22.1 Å². The van der Waals surface area contributed by atoms with Crippen molar-refractivity contribution < 1.29 is 9.21 Å². The molecule has 0 bridgehead atoms. The van der Waals surface area contributed by atoms with Gasteiger partial charge in [0, 0.05) is 23.7 Å². The van der Waals surface area contributed by atoms with Crippen LogP contribution in [0.15, 0.2) is 35.1 Å². The fraction of sp³-hybridized carbons (Fsp3) is 0.357. The third kappa shape index (κ3) is 3.89. The lowest BCUT2D eigenvalue weighted by molar-refractivity contribution is -0.116. The maximum Gasteiger partial charge on any atom is 0.247 e. The number of hydrogen-bond donors (Lipinski definition) is 2. The second kappa shape index (κ2) is 6.81. The van der Waals surface area contributed by atoms with E-state index in [1.807, 2.05) is 19.1 Å². The largest absolute Gasteiger partial charge is 0.423 e. The lowest BCUT2D eigenvalue weighted by Crippen LogP contribution is -2.26. The summed E-state index contributed by atoms with van der Waals surface area (Å²) in [6.07, 6.45) is 3.44. The van der Waals surface area contributed by atoms with Gasteiger partial charge in [-0.3, -0.25) is 4.79 Å². The number of aromatic nitrogens is 2. The minimum Gasteiger partial charge on any atom is -0.423 e.